The van der Waals surface area contributed by atoms with Gasteiger partial charge in [0.15, 0.2) is 0 Å². The van der Waals surface area contributed by atoms with Crippen LogP contribution in [0.5, 0.6) is 0 Å². The molecule has 1 atom stereocenters. The van der Waals surface area contributed by atoms with E-state index in [0.29, 0.717) is 13.2 Å². The third kappa shape index (κ3) is 4.46. The number of hydrogen-bond donors (Lipinski definition) is 3. The van der Waals surface area contributed by atoms with Crippen molar-refractivity contribution in [2.75, 3.05) is 37.4 Å². The van der Waals surface area contributed by atoms with Gasteiger partial charge in [-0.05, 0) is 19.1 Å². The minimum absolute atomic E-state index is 0.319. The molecule has 0 saturated carbocycles. The van der Waals surface area contributed by atoms with E-state index in [1.54, 1.807) is 7.11 Å². The Morgan fingerprint density at radius 1 is 1.38 bits per heavy atom. The number of nitrogens with zero attached hydrogens (tertiary/aromatic N) is 1. The highest BCUT2D eigenvalue weighted by molar-refractivity contribution is 5.44. The van der Waals surface area contributed by atoms with E-state index in [1.807, 2.05) is 25.1 Å². The van der Waals surface area contributed by atoms with Gasteiger partial charge in [-0.3, -0.25) is 0 Å². The summed E-state index contributed by atoms with van der Waals surface area (Å²) in [5.41, 5.74) is 0. The lowest BCUT2D eigenvalue weighted by Gasteiger charge is -2.12. The summed E-state index contributed by atoms with van der Waals surface area (Å²) < 4.78 is 4.83. The van der Waals surface area contributed by atoms with Crippen LogP contribution in [0.1, 0.15) is 6.92 Å². The molecule has 1 heterocycles. The fraction of sp³-hybridized carbons (Fsp3) is 0.545. The second-order valence-electron chi connectivity index (χ2n) is 3.43. The first-order chi connectivity index (χ1) is 7.76. The van der Waals surface area contributed by atoms with Gasteiger partial charge < -0.3 is 20.5 Å². The average molecular weight is 225 g/mol. The number of aromatic nitrogens is 1. The first-order valence-corrected chi connectivity index (χ1v) is 5.38. The predicted octanol–water partition coefficient (Wildman–Crippen LogP) is 0.933. The highest BCUT2D eigenvalue weighted by atomic mass is 16.5. The molecule has 0 fully saturated rings. The summed E-state index contributed by atoms with van der Waals surface area (Å²) in [5.74, 6) is 1.57. The minimum atomic E-state index is -0.519. The molecule has 1 unspecified atom stereocenters. The lowest BCUT2D eigenvalue weighted by atomic mass is 10.3. The smallest absolute Gasteiger partial charge is 0.128 e. The molecule has 0 aromatic carbocycles. The van der Waals surface area contributed by atoms with Gasteiger partial charge in [0.05, 0.1) is 12.7 Å². The van der Waals surface area contributed by atoms with Gasteiger partial charge in [-0.15, -0.1) is 0 Å². The van der Waals surface area contributed by atoms with E-state index in [1.165, 1.54) is 0 Å². The van der Waals surface area contributed by atoms with Crippen LogP contribution in [0.4, 0.5) is 11.6 Å². The Bertz CT molecular complexity index is 307. The van der Waals surface area contributed by atoms with Crippen LogP contribution < -0.4 is 10.6 Å². The van der Waals surface area contributed by atoms with Gasteiger partial charge in [-0.25, -0.2) is 4.98 Å². The third-order valence-corrected chi connectivity index (χ3v) is 1.98. The molecular formula is C11H19N3O2. The zero-order valence-electron chi connectivity index (χ0n) is 9.73. The van der Waals surface area contributed by atoms with Gasteiger partial charge >= 0.3 is 0 Å². The average Bonchev–Trinajstić information content (AvgIpc) is 2.28. The fourth-order valence-electron chi connectivity index (χ4n) is 1.29. The second kappa shape index (κ2) is 7.03. The Hall–Kier alpha value is -1.33. The number of rotatable bonds is 7. The molecular weight excluding hydrogens is 206 g/mol. The normalized spacial score (nSPS) is 12.2. The molecule has 0 saturated heterocycles. The van der Waals surface area contributed by atoms with Crippen molar-refractivity contribution in [1.82, 2.24) is 4.98 Å². The van der Waals surface area contributed by atoms with Crippen LogP contribution in [-0.4, -0.2) is 43.0 Å². The van der Waals surface area contributed by atoms with Crippen molar-refractivity contribution < 1.29 is 9.84 Å². The first kappa shape index (κ1) is 12.7. The number of ether oxygens (including phenoxy) is 1. The van der Waals surface area contributed by atoms with Crippen molar-refractivity contribution in [2.24, 2.45) is 0 Å². The number of anilines is 2. The molecule has 0 radical (unpaired) electrons. The Labute approximate surface area is 95.8 Å². The minimum Gasteiger partial charge on any atom is -0.389 e. The molecule has 3 N–H and O–H groups in total. The van der Waals surface area contributed by atoms with Crippen LogP contribution in [0, 0.1) is 0 Å². The lowest BCUT2D eigenvalue weighted by molar-refractivity contribution is 0.0727. The predicted molar refractivity (Wildman–Crippen MR) is 64.8 cm³/mol. The van der Waals surface area contributed by atoms with Crippen molar-refractivity contribution >= 4 is 11.6 Å². The summed E-state index contributed by atoms with van der Waals surface area (Å²) in [6, 6.07) is 5.68. The molecule has 0 bridgehead atoms. The Morgan fingerprint density at radius 2 is 2.06 bits per heavy atom. The maximum Gasteiger partial charge on any atom is 0.128 e. The molecule has 5 heteroatoms. The van der Waals surface area contributed by atoms with Crippen molar-refractivity contribution in [1.29, 1.82) is 0 Å². The van der Waals surface area contributed by atoms with Crippen molar-refractivity contribution in [3.8, 4) is 0 Å². The number of aliphatic hydroxyl groups excluding tert-OH is 1. The Morgan fingerprint density at radius 3 is 2.69 bits per heavy atom. The summed E-state index contributed by atoms with van der Waals surface area (Å²) in [5, 5.41) is 15.6. The second-order valence-corrected chi connectivity index (χ2v) is 3.43. The Balaban J connectivity index is 2.44. The van der Waals surface area contributed by atoms with E-state index in [2.05, 4.69) is 15.6 Å². The van der Waals surface area contributed by atoms with Crippen molar-refractivity contribution in [3.63, 3.8) is 0 Å². The first-order valence-electron chi connectivity index (χ1n) is 5.38. The number of hydrogen-bond acceptors (Lipinski definition) is 5. The third-order valence-electron chi connectivity index (χ3n) is 1.98. The number of pyridine rings is 1. The number of methoxy groups -OCH3 is 1. The molecule has 90 valence electrons. The molecule has 0 aliphatic carbocycles. The molecule has 0 amide bonds. The van der Waals surface area contributed by atoms with Crippen LogP contribution >= 0.6 is 0 Å². The maximum atomic E-state index is 9.45. The molecule has 0 aliphatic rings. The largest absolute Gasteiger partial charge is 0.389 e. The summed E-state index contributed by atoms with van der Waals surface area (Å²) in [7, 11) is 1.56. The van der Waals surface area contributed by atoms with E-state index < -0.39 is 6.10 Å². The quantitative estimate of drug-likeness (QED) is 0.644. The van der Waals surface area contributed by atoms with Crippen LogP contribution in [0.2, 0.25) is 0 Å². The molecule has 1 rings (SSSR count). The molecule has 0 spiro atoms. The summed E-state index contributed by atoms with van der Waals surface area (Å²) in [4.78, 5) is 4.32. The van der Waals surface area contributed by atoms with Crippen LogP contribution in [0.3, 0.4) is 0 Å². The van der Waals surface area contributed by atoms with E-state index in [0.717, 1.165) is 18.2 Å². The standard InChI is InChI=1S/C11H19N3O2/c1-3-12-10-5-4-6-11(14-10)13-7-9(15)8-16-2/h4-6,9,15H,3,7-8H2,1-2H3,(H2,12,13,14). The number of aliphatic hydroxyl groups is 1. The zero-order chi connectivity index (χ0) is 11.8. The fourth-order valence-corrected chi connectivity index (χ4v) is 1.29. The van der Waals surface area contributed by atoms with E-state index in [4.69, 9.17) is 4.74 Å². The Kier molecular flexibility index (Phi) is 5.60. The van der Waals surface area contributed by atoms with Gasteiger partial charge in [0.25, 0.3) is 0 Å². The molecule has 5 nitrogen and oxygen atoms in total. The highest BCUT2D eigenvalue weighted by Gasteiger charge is 2.03. The van der Waals surface area contributed by atoms with Gasteiger partial charge in [-0.1, -0.05) is 6.07 Å². The van der Waals surface area contributed by atoms with E-state index in [9.17, 15) is 5.11 Å². The van der Waals surface area contributed by atoms with Crippen LogP contribution in [0.15, 0.2) is 18.2 Å². The highest BCUT2D eigenvalue weighted by Crippen LogP contribution is 2.08. The van der Waals surface area contributed by atoms with Gasteiger partial charge in [0.2, 0.25) is 0 Å². The van der Waals surface area contributed by atoms with E-state index in [-0.39, 0.29) is 0 Å². The van der Waals surface area contributed by atoms with Crippen molar-refractivity contribution in [2.45, 2.75) is 13.0 Å². The zero-order valence-corrected chi connectivity index (χ0v) is 9.73. The van der Waals surface area contributed by atoms with Crippen molar-refractivity contribution in [3.05, 3.63) is 18.2 Å². The topological polar surface area (TPSA) is 66.4 Å². The SMILES string of the molecule is CCNc1cccc(NCC(O)COC)n1. The van der Waals surface area contributed by atoms with Gasteiger partial charge in [0, 0.05) is 20.2 Å². The summed E-state index contributed by atoms with van der Waals surface area (Å²) >= 11 is 0. The molecule has 16 heavy (non-hydrogen) atoms. The molecule has 1 aromatic rings. The van der Waals surface area contributed by atoms with Gasteiger partial charge in [0.1, 0.15) is 11.6 Å². The van der Waals surface area contributed by atoms with Gasteiger partial charge in [-0.2, -0.15) is 0 Å². The van der Waals surface area contributed by atoms with E-state index >= 15 is 0 Å². The summed E-state index contributed by atoms with van der Waals surface area (Å²) in [6.45, 7) is 3.60. The monoisotopic (exact) mass is 225 g/mol. The molecule has 0 aliphatic heterocycles. The maximum absolute atomic E-state index is 9.45. The number of nitrogens with one attached hydrogen (secondary N) is 2. The van der Waals surface area contributed by atoms with Crippen LogP contribution in [0.25, 0.3) is 0 Å². The lowest BCUT2D eigenvalue weighted by Crippen LogP contribution is -2.24. The summed E-state index contributed by atoms with van der Waals surface area (Å²) in [6.07, 6.45) is -0.519. The molecule has 1 aromatic heterocycles. The van der Waals surface area contributed by atoms with Crippen LogP contribution in [-0.2, 0) is 4.74 Å².